The number of halogens is 1. The lowest BCUT2D eigenvalue weighted by molar-refractivity contribution is -0.0294. The minimum absolute atomic E-state index is 0.117. The number of imidazole rings is 1. The molecule has 1 unspecified atom stereocenters. The second-order valence-electron chi connectivity index (χ2n) is 8.20. The minimum Gasteiger partial charge on any atom is -0.358 e. The van der Waals surface area contributed by atoms with Gasteiger partial charge in [0.2, 0.25) is 5.78 Å². The van der Waals surface area contributed by atoms with Crippen molar-refractivity contribution in [2.45, 2.75) is 32.4 Å². The van der Waals surface area contributed by atoms with Gasteiger partial charge in [-0.05, 0) is 56.5 Å². The first-order valence-corrected chi connectivity index (χ1v) is 10.9. The predicted octanol–water partition coefficient (Wildman–Crippen LogP) is 5.56. The van der Waals surface area contributed by atoms with Gasteiger partial charge in [0, 0.05) is 41.8 Å². The lowest BCUT2D eigenvalue weighted by Crippen LogP contribution is -2.17. The van der Waals surface area contributed by atoms with E-state index in [4.69, 9.17) is 9.72 Å². The maximum atomic E-state index is 15.1. The van der Waals surface area contributed by atoms with Crippen LogP contribution in [0.25, 0.3) is 39.3 Å². The van der Waals surface area contributed by atoms with Gasteiger partial charge in [0.05, 0.1) is 16.9 Å². The molecule has 1 fully saturated rings. The van der Waals surface area contributed by atoms with Crippen LogP contribution in [0.1, 0.15) is 31.2 Å². The summed E-state index contributed by atoms with van der Waals surface area (Å²) in [5.41, 5.74) is 4.93. The summed E-state index contributed by atoms with van der Waals surface area (Å²) in [6.45, 7) is 2.67. The lowest BCUT2D eigenvalue weighted by atomic mass is 10.1. The van der Waals surface area contributed by atoms with Crippen molar-refractivity contribution in [1.82, 2.24) is 23.9 Å². The number of aromatic nitrogens is 5. The summed E-state index contributed by atoms with van der Waals surface area (Å²) in [4.78, 5) is 13.8. The average Bonchev–Trinajstić information content (AvgIpc) is 3.37. The quantitative estimate of drug-likeness (QED) is 0.378. The van der Waals surface area contributed by atoms with Crippen molar-refractivity contribution in [2.75, 3.05) is 6.61 Å². The summed E-state index contributed by atoms with van der Waals surface area (Å²) in [5.74, 6) is 0.327. The standard InChI is InChI=1S/C25H22FN5O/c1-16-6-4-7-20(28-16)23-24(30-12-5-11-27-25(30)29-23)17-9-10-21-18(14-17)19(26)15-31(21)22-8-2-3-13-32-22/h4-7,9-12,14-15,22H,2-3,8,13H2,1H3. The molecule has 0 aliphatic carbocycles. The molecule has 0 spiro atoms. The molecule has 0 radical (unpaired) electrons. The maximum absolute atomic E-state index is 15.1. The van der Waals surface area contributed by atoms with Crippen LogP contribution < -0.4 is 0 Å². The zero-order valence-electron chi connectivity index (χ0n) is 17.7. The average molecular weight is 427 g/mol. The number of fused-ring (bicyclic) bond motifs is 2. The molecular weight excluding hydrogens is 405 g/mol. The van der Waals surface area contributed by atoms with E-state index in [0.717, 1.165) is 53.1 Å². The molecule has 6 nitrogen and oxygen atoms in total. The molecule has 1 aliphatic heterocycles. The highest BCUT2D eigenvalue weighted by atomic mass is 19.1. The fourth-order valence-electron chi connectivity index (χ4n) is 4.56. The fourth-order valence-corrected chi connectivity index (χ4v) is 4.56. The van der Waals surface area contributed by atoms with Crippen molar-refractivity contribution in [3.8, 4) is 22.6 Å². The first kappa shape index (κ1) is 19.1. The van der Waals surface area contributed by atoms with Crippen LogP contribution in [0.2, 0.25) is 0 Å². The van der Waals surface area contributed by atoms with E-state index in [-0.39, 0.29) is 12.0 Å². The molecule has 0 amide bonds. The van der Waals surface area contributed by atoms with E-state index >= 15 is 4.39 Å². The number of ether oxygens (including phenoxy) is 1. The zero-order valence-corrected chi connectivity index (χ0v) is 17.7. The van der Waals surface area contributed by atoms with Gasteiger partial charge in [0.25, 0.3) is 0 Å². The van der Waals surface area contributed by atoms with Gasteiger partial charge in [0.15, 0.2) is 0 Å². The number of benzene rings is 1. The molecule has 1 aliphatic rings. The summed E-state index contributed by atoms with van der Waals surface area (Å²) in [5, 5.41) is 0.568. The molecule has 0 bridgehead atoms. The molecule has 1 atom stereocenters. The first-order valence-electron chi connectivity index (χ1n) is 10.9. The summed E-state index contributed by atoms with van der Waals surface area (Å²) in [6, 6.07) is 13.6. The molecule has 160 valence electrons. The molecular formula is C25H22FN5O. The van der Waals surface area contributed by atoms with Crippen LogP contribution in [0.4, 0.5) is 4.39 Å². The van der Waals surface area contributed by atoms with Gasteiger partial charge >= 0.3 is 0 Å². The monoisotopic (exact) mass is 427 g/mol. The Morgan fingerprint density at radius 2 is 2.03 bits per heavy atom. The third-order valence-corrected chi connectivity index (χ3v) is 6.06. The number of hydrogen-bond donors (Lipinski definition) is 0. The molecule has 7 heteroatoms. The highest BCUT2D eigenvalue weighted by Crippen LogP contribution is 2.36. The van der Waals surface area contributed by atoms with Gasteiger partial charge in [-0.25, -0.2) is 14.4 Å². The van der Waals surface area contributed by atoms with Crippen molar-refractivity contribution in [1.29, 1.82) is 0 Å². The fraction of sp³-hybridized carbons (Fsp3) is 0.240. The van der Waals surface area contributed by atoms with Gasteiger partial charge in [0.1, 0.15) is 17.7 Å². The predicted molar refractivity (Wildman–Crippen MR) is 121 cm³/mol. The first-order chi connectivity index (χ1) is 15.7. The molecule has 5 heterocycles. The van der Waals surface area contributed by atoms with Crippen LogP contribution in [-0.4, -0.2) is 30.5 Å². The molecule has 4 aromatic heterocycles. The Hall–Kier alpha value is -3.58. The van der Waals surface area contributed by atoms with E-state index in [2.05, 4.69) is 9.97 Å². The topological polar surface area (TPSA) is 57.2 Å². The van der Waals surface area contributed by atoms with Crippen LogP contribution in [0.5, 0.6) is 0 Å². The Labute approximate surface area is 184 Å². The van der Waals surface area contributed by atoms with Crippen LogP contribution in [0, 0.1) is 12.7 Å². The summed E-state index contributed by atoms with van der Waals surface area (Å²) < 4.78 is 24.8. The van der Waals surface area contributed by atoms with Crippen molar-refractivity contribution < 1.29 is 9.13 Å². The maximum Gasteiger partial charge on any atom is 0.234 e. The molecule has 0 N–H and O–H groups in total. The van der Waals surface area contributed by atoms with Crippen molar-refractivity contribution >= 4 is 16.7 Å². The van der Waals surface area contributed by atoms with Gasteiger partial charge in [-0.3, -0.25) is 9.38 Å². The highest BCUT2D eigenvalue weighted by Gasteiger charge is 2.22. The normalized spacial score (nSPS) is 16.8. The van der Waals surface area contributed by atoms with Crippen LogP contribution >= 0.6 is 0 Å². The third-order valence-electron chi connectivity index (χ3n) is 6.06. The van der Waals surface area contributed by atoms with E-state index in [1.807, 2.05) is 64.6 Å². The minimum atomic E-state index is -0.252. The number of rotatable bonds is 3. The van der Waals surface area contributed by atoms with Crippen LogP contribution in [-0.2, 0) is 4.74 Å². The van der Waals surface area contributed by atoms with Crippen molar-refractivity contribution in [3.05, 3.63) is 72.6 Å². The molecule has 32 heavy (non-hydrogen) atoms. The molecule has 6 rings (SSSR count). The van der Waals surface area contributed by atoms with Gasteiger partial charge in [-0.2, -0.15) is 0 Å². The Kier molecular flexibility index (Phi) is 4.50. The molecule has 1 aromatic carbocycles. The van der Waals surface area contributed by atoms with Crippen molar-refractivity contribution in [3.63, 3.8) is 0 Å². The summed E-state index contributed by atoms with van der Waals surface area (Å²) >= 11 is 0. The van der Waals surface area contributed by atoms with Crippen LogP contribution in [0.3, 0.4) is 0 Å². The second-order valence-corrected chi connectivity index (χ2v) is 8.20. The van der Waals surface area contributed by atoms with Gasteiger partial charge in [-0.1, -0.05) is 12.1 Å². The van der Waals surface area contributed by atoms with Gasteiger partial charge < -0.3 is 9.30 Å². The number of hydrogen-bond acceptors (Lipinski definition) is 4. The highest BCUT2D eigenvalue weighted by molar-refractivity contribution is 5.89. The number of pyridine rings is 1. The Bertz CT molecular complexity index is 1450. The van der Waals surface area contributed by atoms with E-state index in [0.29, 0.717) is 17.8 Å². The van der Waals surface area contributed by atoms with E-state index in [1.54, 1.807) is 12.4 Å². The van der Waals surface area contributed by atoms with E-state index in [1.165, 1.54) is 0 Å². The Balaban J connectivity index is 1.55. The number of aryl methyl sites for hydroxylation is 1. The Morgan fingerprint density at radius 3 is 2.88 bits per heavy atom. The molecule has 0 saturated carbocycles. The van der Waals surface area contributed by atoms with E-state index < -0.39 is 0 Å². The third kappa shape index (κ3) is 3.08. The number of nitrogens with zero attached hydrogens (tertiary/aromatic N) is 5. The molecule has 1 saturated heterocycles. The lowest BCUT2D eigenvalue weighted by Gasteiger charge is -2.24. The summed E-state index contributed by atoms with van der Waals surface area (Å²) in [6.07, 6.45) is 8.12. The summed E-state index contributed by atoms with van der Waals surface area (Å²) in [7, 11) is 0. The van der Waals surface area contributed by atoms with Crippen LogP contribution in [0.15, 0.2) is 61.1 Å². The largest absolute Gasteiger partial charge is 0.358 e. The SMILES string of the molecule is Cc1cccc(-c2nc3ncccn3c2-c2ccc3c(c2)c(F)cn3C2CCCCO2)n1. The van der Waals surface area contributed by atoms with E-state index in [9.17, 15) is 0 Å². The van der Waals surface area contributed by atoms with Gasteiger partial charge in [-0.15, -0.1) is 0 Å². The second kappa shape index (κ2) is 7.53. The smallest absolute Gasteiger partial charge is 0.234 e. The van der Waals surface area contributed by atoms with Crippen molar-refractivity contribution in [2.24, 2.45) is 0 Å². The zero-order chi connectivity index (χ0) is 21.7. The molecule has 5 aromatic rings. The Morgan fingerprint density at radius 1 is 1.09 bits per heavy atom.